The average molecular weight is 481 g/mol. The molecule has 0 atom stereocenters. The van der Waals surface area contributed by atoms with Crippen molar-refractivity contribution in [1.82, 2.24) is 4.90 Å². The van der Waals surface area contributed by atoms with Crippen LogP contribution < -0.4 is 0 Å². The molecule has 33 heavy (non-hydrogen) atoms. The predicted molar refractivity (Wildman–Crippen MR) is 141 cm³/mol. The molecule has 0 radical (unpaired) electrons. The summed E-state index contributed by atoms with van der Waals surface area (Å²) in [7, 11) is 0. The predicted octanol–water partition coefficient (Wildman–Crippen LogP) is 6.51. The summed E-state index contributed by atoms with van der Waals surface area (Å²) in [6, 6.07) is 16.6. The molecule has 0 unspecified atom stereocenters. The Morgan fingerprint density at radius 2 is 1.70 bits per heavy atom. The Hall–Kier alpha value is -2.02. The molecule has 6 heteroatoms. The second-order valence-electron chi connectivity index (χ2n) is 8.64. The number of nitrogens with zero attached hydrogens (tertiary/aromatic N) is 2. The normalized spacial score (nSPS) is 18.4. The quantitative estimate of drug-likeness (QED) is 0.349. The van der Waals surface area contributed by atoms with Gasteiger partial charge in [0, 0.05) is 58.1 Å². The lowest BCUT2D eigenvalue weighted by atomic mass is 9.95. The number of aryl methyl sites for hydroxylation is 1. The van der Waals surface area contributed by atoms with E-state index in [-0.39, 0.29) is 5.91 Å². The van der Waals surface area contributed by atoms with Crippen LogP contribution in [0.4, 0.5) is 0 Å². The van der Waals surface area contributed by atoms with Crippen LogP contribution in [0.2, 0.25) is 0 Å². The number of benzene rings is 2. The van der Waals surface area contributed by atoms with Gasteiger partial charge in [-0.2, -0.15) is 0 Å². The number of amides is 1. The number of ether oxygens (including phenoxy) is 1. The first-order valence-corrected chi connectivity index (χ1v) is 13.5. The third-order valence-corrected chi connectivity index (χ3v) is 8.14. The SMILES string of the molecule is CC(=N/C(=C(\C)Sc1ccc(C)cc1)c1ccc(C(=O)N2CCSC2)cc1)C1CCOCC1. The third kappa shape index (κ3) is 6.31. The molecule has 0 aliphatic carbocycles. The minimum Gasteiger partial charge on any atom is -0.381 e. The van der Waals surface area contributed by atoms with Gasteiger partial charge in [0.1, 0.15) is 0 Å². The van der Waals surface area contributed by atoms with Crippen LogP contribution in [0, 0.1) is 12.8 Å². The molecule has 2 aromatic rings. The Balaban J connectivity index is 1.63. The lowest BCUT2D eigenvalue weighted by Gasteiger charge is -2.22. The molecule has 2 fully saturated rings. The summed E-state index contributed by atoms with van der Waals surface area (Å²) in [6.07, 6.45) is 2.04. The van der Waals surface area contributed by atoms with Gasteiger partial charge in [0.2, 0.25) is 0 Å². The third-order valence-electron chi connectivity index (χ3n) is 6.17. The second-order valence-corrected chi connectivity index (χ2v) is 11.0. The lowest BCUT2D eigenvalue weighted by molar-refractivity contribution is 0.0802. The minimum absolute atomic E-state index is 0.115. The number of carbonyl (C=O) groups excluding carboxylic acids is 1. The Kier molecular flexibility index (Phi) is 8.34. The van der Waals surface area contributed by atoms with Crippen LogP contribution in [0.3, 0.4) is 0 Å². The maximum atomic E-state index is 12.8. The Morgan fingerprint density at radius 3 is 2.33 bits per heavy atom. The highest BCUT2D eigenvalue weighted by atomic mass is 32.2. The van der Waals surface area contributed by atoms with Crippen molar-refractivity contribution in [2.24, 2.45) is 10.9 Å². The van der Waals surface area contributed by atoms with Crippen LogP contribution in [0.5, 0.6) is 0 Å². The van der Waals surface area contributed by atoms with Gasteiger partial charge in [0.25, 0.3) is 5.91 Å². The molecule has 2 aliphatic heterocycles. The van der Waals surface area contributed by atoms with Gasteiger partial charge in [-0.3, -0.25) is 9.79 Å². The topological polar surface area (TPSA) is 41.9 Å². The van der Waals surface area contributed by atoms with Crippen LogP contribution in [0.25, 0.3) is 5.70 Å². The molecule has 4 rings (SSSR count). The van der Waals surface area contributed by atoms with E-state index >= 15 is 0 Å². The number of aliphatic imine (C=N–C) groups is 1. The summed E-state index contributed by atoms with van der Waals surface area (Å²) in [5.74, 6) is 2.38. The highest BCUT2D eigenvalue weighted by Gasteiger charge is 2.21. The highest BCUT2D eigenvalue weighted by molar-refractivity contribution is 8.03. The molecule has 0 N–H and O–H groups in total. The molecular weight excluding hydrogens is 448 g/mol. The fourth-order valence-electron chi connectivity index (χ4n) is 4.09. The number of rotatable bonds is 6. The zero-order valence-electron chi connectivity index (χ0n) is 19.7. The van der Waals surface area contributed by atoms with E-state index in [9.17, 15) is 4.79 Å². The van der Waals surface area contributed by atoms with Gasteiger partial charge < -0.3 is 9.64 Å². The largest absolute Gasteiger partial charge is 0.381 e. The Morgan fingerprint density at radius 1 is 1.03 bits per heavy atom. The maximum absolute atomic E-state index is 12.8. The van der Waals surface area contributed by atoms with E-state index in [1.807, 2.05) is 40.9 Å². The molecule has 174 valence electrons. The van der Waals surface area contributed by atoms with Crippen LogP contribution in [0.1, 0.15) is 48.2 Å². The molecule has 2 aliphatic rings. The smallest absolute Gasteiger partial charge is 0.254 e. The zero-order valence-corrected chi connectivity index (χ0v) is 21.3. The van der Waals surface area contributed by atoms with Gasteiger partial charge in [-0.15, -0.1) is 11.8 Å². The number of hydrogen-bond donors (Lipinski definition) is 0. The number of carbonyl (C=O) groups is 1. The second kappa shape index (κ2) is 11.4. The number of hydrogen-bond acceptors (Lipinski definition) is 5. The minimum atomic E-state index is 0.115. The fourth-order valence-corrected chi connectivity index (χ4v) is 5.92. The Bertz CT molecular complexity index is 1020. The molecule has 2 aromatic carbocycles. The van der Waals surface area contributed by atoms with Crippen molar-refractivity contribution in [2.75, 3.05) is 31.4 Å². The molecule has 4 nitrogen and oxygen atoms in total. The standard InChI is InChI=1S/C27H32N2O2S2/c1-19-4-10-25(11-5-19)33-21(3)26(28-20(2)22-12-15-31-16-13-22)23-6-8-24(9-7-23)27(30)29-14-17-32-18-29/h4-11,22H,12-18H2,1-3H3/b26-21+,28-20?. The van der Waals surface area contributed by atoms with Crippen molar-refractivity contribution >= 4 is 40.8 Å². The molecule has 0 saturated carbocycles. The van der Waals surface area contributed by atoms with E-state index in [1.165, 1.54) is 10.5 Å². The van der Waals surface area contributed by atoms with E-state index in [0.717, 1.165) is 71.7 Å². The molecular formula is C27H32N2O2S2. The van der Waals surface area contributed by atoms with Crippen molar-refractivity contribution in [1.29, 1.82) is 0 Å². The van der Waals surface area contributed by atoms with Gasteiger partial charge in [0.05, 0.1) is 11.6 Å². The van der Waals surface area contributed by atoms with Crippen LogP contribution in [0.15, 0.2) is 63.3 Å². The summed E-state index contributed by atoms with van der Waals surface area (Å²) in [6.45, 7) is 8.83. The van der Waals surface area contributed by atoms with Crippen molar-refractivity contribution < 1.29 is 9.53 Å². The van der Waals surface area contributed by atoms with Gasteiger partial charge >= 0.3 is 0 Å². The van der Waals surface area contributed by atoms with Crippen LogP contribution in [-0.2, 0) is 4.74 Å². The summed E-state index contributed by atoms with van der Waals surface area (Å²) in [4.78, 5) is 22.2. The molecule has 2 saturated heterocycles. The van der Waals surface area contributed by atoms with Gasteiger partial charge in [-0.05, 0) is 57.9 Å². The molecule has 2 heterocycles. The van der Waals surface area contributed by atoms with Crippen molar-refractivity contribution in [3.63, 3.8) is 0 Å². The van der Waals surface area contributed by atoms with Gasteiger partial charge in [-0.25, -0.2) is 0 Å². The summed E-state index contributed by atoms with van der Waals surface area (Å²) in [5.41, 5.74) is 5.19. The molecule has 0 bridgehead atoms. The fraction of sp³-hybridized carbons (Fsp3) is 0.407. The summed E-state index contributed by atoms with van der Waals surface area (Å²) in [5, 5.41) is 0. The van der Waals surface area contributed by atoms with Crippen molar-refractivity contribution in [3.8, 4) is 0 Å². The van der Waals surface area contributed by atoms with E-state index in [1.54, 1.807) is 11.8 Å². The first-order chi connectivity index (χ1) is 16.0. The number of thioether (sulfide) groups is 2. The van der Waals surface area contributed by atoms with Crippen LogP contribution in [-0.4, -0.2) is 47.9 Å². The zero-order chi connectivity index (χ0) is 23.2. The highest BCUT2D eigenvalue weighted by Crippen LogP contribution is 2.34. The van der Waals surface area contributed by atoms with Gasteiger partial charge in [0.15, 0.2) is 0 Å². The first kappa shape index (κ1) is 24.1. The van der Waals surface area contributed by atoms with E-state index in [4.69, 9.17) is 9.73 Å². The van der Waals surface area contributed by atoms with Gasteiger partial charge in [-0.1, -0.05) is 41.6 Å². The van der Waals surface area contributed by atoms with Crippen molar-refractivity contribution in [3.05, 3.63) is 70.1 Å². The number of allylic oxidation sites excluding steroid dienone is 1. The maximum Gasteiger partial charge on any atom is 0.254 e. The Labute approximate surface area is 205 Å². The van der Waals surface area contributed by atoms with Crippen molar-refractivity contribution in [2.45, 2.75) is 38.5 Å². The summed E-state index contributed by atoms with van der Waals surface area (Å²) >= 11 is 3.55. The molecule has 0 aromatic heterocycles. The van der Waals surface area contributed by atoms with E-state index in [2.05, 4.69) is 45.0 Å². The van der Waals surface area contributed by atoms with E-state index in [0.29, 0.717) is 5.92 Å². The molecule has 1 amide bonds. The molecule has 0 spiro atoms. The van der Waals surface area contributed by atoms with E-state index < -0.39 is 0 Å². The first-order valence-electron chi connectivity index (χ1n) is 11.6. The lowest BCUT2D eigenvalue weighted by Crippen LogP contribution is -2.27. The average Bonchev–Trinajstić information content (AvgIpc) is 3.39. The van der Waals surface area contributed by atoms with Crippen LogP contribution >= 0.6 is 23.5 Å². The summed E-state index contributed by atoms with van der Waals surface area (Å²) < 4.78 is 5.54. The monoisotopic (exact) mass is 480 g/mol.